The number of nitro benzene ring substituents is 1. The summed E-state index contributed by atoms with van der Waals surface area (Å²) >= 11 is 0. The Morgan fingerprint density at radius 3 is 2.82 bits per heavy atom. The number of anilines is 1. The number of nitrogens with zero attached hydrogens (tertiary/aromatic N) is 1. The van der Waals surface area contributed by atoms with Gasteiger partial charge in [-0.2, -0.15) is 0 Å². The Morgan fingerprint density at radius 2 is 2.29 bits per heavy atom. The van der Waals surface area contributed by atoms with Gasteiger partial charge in [0.15, 0.2) is 11.6 Å². The summed E-state index contributed by atoms with van der Waals surface area (Å²) < 4.78 is 18.3. The van der Waals surface area contributed by atoms with Gasteiger partial charge in [-0.25, -0.2) is 4.39 Å². The van der Waals surface area contributed by atoms with Gasteiger partial charge in [-0.05, 0) is 6.92 Å². The van der Waals surface area contributed by atoms with Crippen LogP contribution in [0.1, 0.15) is 6.92 Å². The number of hydrogen-bond acceptors (Lipinski definition) is 4. The largest absolute Gasteiger partial charge is 0.490 e. The van der Waals surface area contributed by atoms with E-state index in [0.29, 0.717) is 0 Å². The van der Waals surface area contributed by atoms with Crippen molar-refractivity contribution in [2.75, 3.05) is 19.0 Å². The summed E-state index contributed by atoms with van der Waals surface area (Å²) in [5, 5.41) is 13.3. The molecule has 17 heavy (non-hydrogen) atoms. The molecule has 90 valence electrons. The van der Waals surface area contributed by atoms with Gasteiger partial charge in [0.1, 0.15) is 0 Å². The van der Waals surface area contributed by atoms with E-state index in [-0.39, 0.29) is 18.0 Å². The van der Waals surface area contributed by atoms with Crippen molar-refractivity contribution in [1.82, 2.24) is 0 Å². The molecule has 0 unspecified atom stereocenters. The van der Waals surface area contributed by atoms with Gasteiger partial charge in [-0.1, -0.05) is 5.92 Å². The lowest BCUT2D eigenvalue weighted by Crippen LogP contribution is -2.03. The molecule has 0 bridgehead atoms. The van der Waals surface area contributed by atoms with Crippen LogP contribution in [0.3, 0.4) is 0 Å². The highest BCUT2D eigenvalue weighted by Crippen LogP contribution is 2.31. The third-order valence-electron chi connectivity index (χ3n) is 2.01. The van der Waals surface area contributed by atoms with E-state index >= 15 is 0 Å². The van der Waals surface area contributed by atoms with Crippen molar-refractivity contribution in [3.05, 3.63) is 28.1 Å². The Morgan fingerprint density at radius 1 is 1.59 bits per heavy atom. The van der Waals surface area contributed by atoms with E-state index in [0.717, 1.165) is 6.07 Å². The number of benzene rings is 1. The van der Waals surface area contributed by atoms with Gasteiger partial charge in [-0.15, -0.1) is 5.92 Å². The highest BCUT2D eigenvalue weighted by atomic mass is 19.1. The van der Waals surface area contributed by atoms with E-state index < -0.39 is 16.4 Å². The fraction of sp³-hybridized carbons (Fsp3) is 0.273. The van der Waals surface area contributed by atoms with Gasteiger partial charge in [0, 0.05) is 6.07 Å². The summed E-state index contributed by atoms with van der Waals surface area (Å²) in [7, 11) is 1.29. The second kappa shape index (κ2) is 5.70. The maximum Gasteiger partial charge on any atom is 0.313 e. The van der Waals surface area contributed by atoms with Crippen LogP contribution in [0, 0.1) is 27.8 Å². The van der Waals surface area contributed by atoms with E-state index in [2.05, 4.69) is 17.2 Å². The second-order valence-electron chi connectivity index (χ2n) is 3.04. The molecule has 0 saturated carbocycles. The van der Waals surface area contributed by atoms with Gasteiger partial charge in [0.25, 0.3) is 0 Å². The van der Waals surface area contributed by atoms with Crippen LogP contribution in [-0.2, 0) is 0 Å². The summed E-state index contributed by atoms with van der Waals surface area (Å²) in [5.74, 6) is 4.63. The molecule has 0 aliphatic rings. The summed E-state index contributed by atoms with van der Waals surface area (Å²) in [4.78, 5) is 9.92. The van der Waals surface area contributed by atoms with Crippen LogP contribution in [0.5, 0.6) is 5.75 Å². The van der Waals surface area contributed by atoms with Crippen molar-refractivity contribution in [3.63, 3.8) is 0 Å². The third kappa shape index (κ3) is 3.08. The Hall–Kier alpha value is -2.29. The van der Waals surface area contributed by atoms with E-state index in [9.17, 15) is 14.5 Å². The lowest BCUT2D eigenvalue weighted by Gasteiger charge is -2.07. The molecule has 0 saturated heterocycles. The summed E-state index contributed by atoms with van der Waals surface area (Å²) in [6.45, 7) is 1.92. The van der Waals surface area contributed by atoms with Crippen LogP contribution in [0.15, 0.2) is 12.1 Å². The fourth-order valence-corrected chi connectivity index (χ4v) is 1.21. The molecule has 0 fully saturated rings. The van der Waals surface area contributed by atoms with Gasteiger partial charge in [-0.3, -0.25) is 10.1 Å². The van der Waals surface area contributed by atoms with Crippen molar-refractivity contribution in [3.8, 4) is 17.6 Å². The average molecular weight is 238 g/mol. The number of rotatable bonds is 4. The molecule has 5 nitrogen and oxygen atoms in total. The Labute approximate surface area is 97.7 Å². The van der Waals surface area contributed by atoms with Gasteiger partial charge in [0.2, 0.25) is 0 Å². The van der Waals surface area contributed by atoms with Crippen LogP contribution in [-0.4, -0.2) is 18.6 Å². The van der Waals surface area contributed by atoms with Crippen molar-refractivity contribution in [2.45, 2.75) is 6.92 Å². The van der Waals surface area contributed by atoms with Crippen LogP contribution in [0.2, 0.25) is 0 Å². The van der Waals surface area contributed by atoms with Crippen molar-refractivity contribution in [1.29, 1.82) is 0 Å². The van der Waals surface area contributed by atoms with Crippen molar-refractivity contribution < 1.29 is 14.1 Å². The zero-order valence-electron chi connectivity index (χ0n) is 9.41. The lowest BCUT2D eigenvalue weighted by atomic mass is 10.2. The smallest absolute Gasteiger partial charge is 0.313 e. The molecule has 0 spiro atoms. The number of nitrogens with one attached hydrogen (secondary N) is 1. The normalized spacial score (nSPS) is 9.12. The number of methoxy groups -OCH3 is 1. The molecule has 1 N–H and O–H groups in total. The van der Waals surface area contributed by atoms with Crippen LogP contribution in [0.25, 0.3) is 0 Å². The standard InChI is InChI=1S/C11H11FN2O3/c1-3-4-5-13-9-7-11(17-2)10(14(15)16)6-8(9)12/h6-7,13H,5H2,1-2H3. The molecule has 0 aromatic heterocycles. The maximum absolute atomic E-state index is 13.5. The number of ether oxygens (including phenoxy) is 1. The SMILES string of the molecule is CC#CCNc1cc(OC)c([N+](=O)[O-])cc1F. The summed E-state index contributed by atoms with van der Waals surface area (Å²) in [5.41, 5.74) is -0.285. The molecular weight excluding hydrogens is 227 g/mol. The van der Waals surface area contributed by atoms with E-state index in [1.54, 1.807) is 6.92 Å². The molecule has 0 aliphatic carbocycles. The lowest BCUT2D eigenvalue weighted by molar-refractivity contribution is -0.385. The molecule has 1 rings (SSSR count). The predicted octanol–water partition coefficient (Wildman–Crippen LogP) is 2.18. The first-order chi connectivity index (χ1) is 8.10. The first-order valence-corrected chi connectivity index (χ1v) is 4.75. The van der Waals surface area contributed by atoms with Crippen molar-refractivity contribution in [2.24, 2.45) is 0 Å². The van der Waals surface area contributed by atoms with Gasteiger partial charge in [0.05, 0.1) is 30.3 Å². The zero-order valence-corrected chi connectivity index (χ0v) is 9.41. The summed E-state index contributed by atoms with van der Waals surface area (Å²) in [6.07, 6.45) is 0. The third-order valence-corrected chi connectivity index (χ3v) is 2.01. The second-order valence-corrected chi connectivity index (χ2v) is 3.04. The Bertz CT molecular complexity index is 491. The van der Waals surface area contributed by atoms with Crippen LogP contribution >= 0.6 is 0 Å². The quantitative estimate of drug-likeness (QED) is 0.496. The minimum Gasteiger partial charge on any atom is -0.490 e. The van der Waals surface area contributed by atoms with E-state index in [1.807, 2.05) is 0 Å². The number of nitro groups is 1. The maximum atomic E-state index is 13.5. The molecule has 0 atom stereocenters. The number of hydrogen-bond donors (Lipinski definition) is 1. The Kier molecular flexibility index (Phi) is 4.29. The highest BCUT2D eigenvalue weighted by Gasteiger charge is 2.18. The molecule has 1 aromatic carbocycles. The van der Waals surface area contributed by atoms with Gasteiger partial charge < -0.3 is 10.1 Å². The summed E-state index contributed by atoms with van der Waals surface area (Å²) in [6, 6.07) is 2.06. The van der Waals surface area contributed by atoms with E-state index in [1.165, 1.54) is 13.2 Å². The molecule has 6 heteroatoms. The first kappa shape index (κ1) is 12.8. The van der Waals surface area contributed by atoms with Crippen molar-refractivity contribution >= 4 is 11.4 Å². The minimum absolute atomic E-state index is 0.00311. The fourth-order valence-electron chi connectivity index (χ4n) is 1.21. The topological polar surface area (TPSA) is 64.4 Å². The molecule has 0 radical (unpaired) electrons. The molecule has 0 heterocycles. The highest BCUT2D eigenvalue weighted by molar-refractivity contribution is 5.59. The molecule has 0 amide bonds. The molecule has 0 aliphatic heterocycles. The monoisotopic (exact) mass is 238 g/mol. The van der Waals surface area contributed by atoms with E-state index in [4.69, 9.17) is 4.74 Å². The zero-order chi connectivity index (χ0) is 12.8. The first-order valence-electron chi connectivity index (χ1n) is 4.75. The van der Waals surface area contributed by atoms with Crippen LogP contribution < -0.4 is 10.1 Å². The van der Waals surface area contributed by atoms with Gasteiger partial charge >= 0.3 is 5.69 Å². The number of halogens is 1. The average Bonchev–Trinajstić information content (AvgIpc) is 2.30. The predicted molar refractivity (Wildman–Crippen MR) is 61.5 cm³/mol. The molecule has 1 aromatic rings. The minimum atomic E-state index is -0.713. The Balaban J connectivity index is 3.07. The molecular formula is C11H11FN2O3. The van der Waals surface area contributed by atoms with Crippen LogP contribution in [0.4, 0.5) is 15.8 Å².